The van der Waals surface area contributed by atoms with Crippen LogP contribution < -0.4 is 10.1 Å². The van der Waals surface area contributed by atoms with Crippen molar-refractivity contribution in [1.29, 1.82) is 0 Å². The average Bonchev–Trinajstić information content (AvgIpc) is 3.11. The van der Waals surface area contributed by atoms with Gasteiger partial charge in [-0.05, 0) is 54.7 Å². The summed E-state index contributed by atoms with van der Waals surface area (Å²) in [7, 11) is 0. The molecule has 3 N–H and O–H groups in total. The van der Waals surface area contributed by atoms with E-state index in [0.717, 1.165) is 17.0 Å². The van der Waals surface area contributed by atoms with E-state index < -0.39 is 6.10 Å². The Balaban J connectivity index is 1.42. The Hall–Kier alpha value is -2.87. The molecule has 6 nitrogen and oxygen atoms in total. The molecule has 0 aliphatic heterocycles. The number of para-hydroxylation sites is 1. The lowest BCUT2D eigenvalue weighted by Crippen LogP contribution is -2.36. The van der Waals surface area contributed by atoms with Crippen LogP contribution in [0.3, 0.4) is 0 Å². The zero-order valence-corrected chi connectivity index (χ0v) is 17.8. The third kappa shape index (κ3) is 5.68. The van der Waals surface area contributed by atoms with E-state index in [-0.39, 0.29) is 36.9 Å². The number of benzene rings is 2. The van der Waals surface area contributed by atoms with Crippen molar-refractivity contribution in [2.45, 2.75) is 38.1 Å². The molecule has 1 saturated carbocycles. The third-order valence-corrected chi connectivity index (χ3v) is 6.04. The first-order valence-corrected chi connectivity index (χ1v) is 10.9. The molecule has 3 aromatic rings. The Bertz CT molecular complexity index is 1000. The summed E-state index contributed by atoms with van der Waals surface area (Å²) >= 11 is 0. The molecular formula is C25H28FN3O3. The Morgan fingerprint density at radius 2 is 1.91 bits per heavy atom. The number of hydrogen-bond acceptors (Lipinski definition) is 6. The summed E-state index contributed by atoms with van der Waals surface area (Å²) in [5.74, 6) is 0.796. The molecule has 0 spiro atoms. The van der Waals surface area contributed by atoms with Crippen molar-refractivity contribution >= 4 is 0 Å². The molecule has 0 unspecified atom stereocenters. The summed E-state index contributed by atoms with van der Waals surface area (Å²) in [6.45, 7) is 0.651. The van der Waals surface area contributed by atoms with Gasteiger partial charge in [-0.2, -0.15) is 0 Å². The van der Waals surface area contributed by atoms with Crippen LogP contribution in [0.5, 0.6) is 5.75 Å². The number of nitrogens with zero attached hydrogens (tertiary/aromatic N) is 2. The lowest BCUT2D eigenvalue weighted by Gasteiger charge is -2.25. The topological polar surface area (TPSA) is 87.5 Å². The first kappa shape index (κ1) is 22.3. The van der Waals surface area contributed by atoms with Crippen LogP contribution in [-0.2, 0) is 19.6 Å². The summed E-state index contributed by atoms with van der Waals surface area (Å²) in [6.07, 6.45) is 2.22. The van der Waals surface area contributed by atoms with Crippen LogP contribution in [0.25, 0.3) is 0 Å². The Morgan fingerprint density at radius 1 is 1.06 bits per heavy atom. The highest BCUT2D eigenvalue weighted by atomic mass is 19.1. The number of aromatic nitrogens is 2. The van der Waals surface area contributed by atoms with Gasteiger partial charge in [-0.1, -0.05) is 30.3 Å². The zero-order chi connectivity index (χ0) is 22.3. The SMILES string of the molecule is OC[C@@H]1[C@@H](Cc2ccnc(COc3ccccc3)n2)[C@H](NCc2cccc(F)c2)C[C@H]1O. The van der Waals surface area contributed by atoms with Crippen molar-refractivity contribution in [2.75, 3.05) is 6.61 Å². The van der Waals surface area contributed by atoms with Crippen LogP contribution >= 0.6 is 0 Å². The molecular weight excluding hydrogens is 409 g/mol. The summed E-state index contributed by atoms with van der Waals surface area (Å²) in [5, 5.41) is 23.8. The number of aliphatic hydroxyl groups excluding tert-OH is 2. The molecule has 0 radical (unpaired) electrons. The summed E-state index contributed by atoms with van der Waals surface area (Å²) < 4.78 is 19.2. The minimum absolute atomic E-state index is 0.0126. The maximum absolute atomic E-state index is 13.5. The lowest BCUT2D eigenvalue weighted by molar-refractivity contribution is 0.0715. The molecule has 0 bridgehead atoms. The van der Waals surface area contributed by atoms with Gasteiger partial charge in [0.15, 0.2) is 5.82 Å². The van der Waals surface area contributed by atoms with Crippen molar-refractivity contribution in [3.63, 3.8) is 0 Å². The highest BCUT2D eigenvalue weighted by Gasteiger charge is 2.42. The van der Waals surface area contributed by atoms with E-state index in [4.69, 9.17) is 4.74 Å². The fourth-order valence-corrected chi connectivity index (χ4v) is 4.41. The van der Waals surface area contributed by atoms with Crippen molar-refractivity contribution in [3.8, 4) is 5.75 Å². The normalized spacial score (nSPS) is 22.7. The second kappa shape index (κ2) is 10.6. The Kier molecular flexibility index (Phi) is 7.42. The van der Waals surface area contributed by atoms with Gasteiger partial charge in [-0.15, -0.1) is 0 Å². The minimum Gasteiger partial charge on any atom is -0.486 e. The smallest absolute Gasteiger partial charge is 0.166 e. The Morgan fingerprint density at radius 3 is 2.69 bits per heavy atom. The molecule has 1 heterocycles. The predicted octanol–water partition coefficient (Wildman–Crippen LogP) is 2.88. The molecule has 1 fully saturated rings. The number of hydrogen-bond donors (Lipinski definition) is 3. The van der Waals surface area contributed by atoms with E-state index in [2.05, 4.69) is 15.3 Å². The molecule has 1 aromatic heterocycles. The fourth-order valence-electron chi connectivity index (χ4n) is 4.41. The molecule has 0 saturated heterocycles. The quantitative estimate of drug-likeness (QED) is 0.477. The fraction of sp³-hybridized carbons (Fsp3) is 0.360. The zero-order valence-electron chi connectivity index (χ0n) is 17.8. The predicted molar refractivity (Wildman–Crippen MR) is 118 cm³/mol. The average molecular weight is 438 g/mol. The molecule has 1 aliphatic rings. The van der Waals surface area contributed by atoms with Gasteiger partial charge in [0.05, 0.1) is 6.10 Å². The second-order valence-electron chi connectivity index (χ2n) is 8.20. The minimum atomic E-state index is -0.599. The second-order valence-corrected chi connectivity index (χ2v) is 8.20. The highest BCUT2D eigenvalue weighted by Crippen LogP contribution is 2.35. The molecule has 32 heavy (non-hydrogen) atoms. The molecule has 0 amide bonds. The van der Waals surface area contributed by atoms with Crippen molar-refractivity contribution < 1.29 is 19.3 Å². The standard InChI is InChI=1S/C25H28FN3O3/c26-18-6-4-5-17(11-18)14-28-23-13-24(31)22(15-30)21(23)12-19-9-10-27-25(29-19)16-32-20-7-2-1-3-8-20/h1-11,21-24,28,30-31H,12-16H2/t21-,22-,23-,24-/m1/s1. The molecule has 4 atom stereocenters. The number of nitrogens with one attached hydrogen (secondary N) is 1. The van der Waals surface area contributed by atoms with Gasteiger partial charge in [0.2, 0.25) is 0 Å². The van der Waals surface area contributed by atoms with Gasteiger partial charge in [0.25, 0.3) is 0 Å². The van der Waals surface area contributed by atoms with Crippen LogP contribution in [-0.4, -0.2) is 38.9 Å². The molecule has 7 heteroatoms. The summed E-state index contributed by atoms with van der Waals surface area (Å²) in [4.78, 5) is 8.93. The molecule has 2 aromatic carbocycles. The van der Waals surface area contributed by atoms with Gasteiger partial charge in [0.1, 0.15) is 18.2 Å². The van der Waals surface area contributed by atoms with Crippen molar-refractivity contribution in [3.05, 3.63) is 89.8 Å². The molecule has 1 aliphatic carbocycles. The van der Waals surface area contributed by atoms with Gasteiger partial charge >= 0.3 is 0 Å². The van der Waals surface area contributed by atoms with Crippen LogP contribution in [0.2, 0.25) is 0 Å². The Labute approximate surface area is 187 Å². The van der Waals surface area contributed by atoms with Crippen LogP contribution in [0, 0.1) is 17.7 Å². The number of ether oxygens (including phenoxy) is 1. The van der Waals surface area contributed by atoms with E-state index in [1.54, 1.807) is 12.3 Å². The lowest BCUT2D eigenvalue weighted by atomic mass is 9.88. The van der Waals surface area contributed by atoms with Crippen LogP contribution in [0.4, 0.5) is 4.39 Å². The molecule has 168 valence electrons. The third-order valence-electron chi connectivity index (χ3n) is 6.04. The van der Waals surface area contributed by atoms with Gasteiger partial charge < -0.3 is 20.3 Å². The van der Waals surface area contributed by atoms with Crippen LogP contribution in [0.1, 0.15) is 23.5 Å². The summed E-state index contributed by atoms with van der Waals surface area (Å²) in [6, 6.07) is 17.8. The van der Waals surface area contributed by atoms with Crippen molar-refractivity contribution in [1.82, 2.24) is 15.3 Å². The van der Waals surface area contributed by atoms with Gasteiger partial charge in [-0.3, -0.25) is 0 Å². The highest BCUT2D eigenvalue weighted by molar-refractivity contribution is 5.21. The molecule has 4 rings (SSSR count). The summed E-state index contributed by atoms with van der Waals surface area (Å²) in [5.41, 5.74) is 1.68. The van der Waals surface area contributed by atoms with Crippen LogP contribution in [0.15, 0.2) is 66.9 Å². The van der Waals surface area contributed by atoms with E-state index in [0.29, 0.717) is 25.2 Å². The van der Waals surface area contributed by atoms with Crippen molar-refractivity contribution in [2.24, 2.45) is 11.8 Å². The largest absolute Gasteiger partial charge is 0.486 e. The first-order valence-electron chi connectivity index (χ1n) is 10.9. The maximum Gasteiger partial charge on any atom is 0.166 e. The maximum atomic E-state index is 13.5. The first-order chi connectivity index (χ1) is 15.6. The van der Waals surface area contributed by atoms with E-state index in [9.17, 15) is 14.6 Å². The number of rotatable bonds is 9. The van der Waals surface area contributed by atoms with E-state index in [1.165, 1.54) is 12.1 Å². The van der Waals surface area contributed by atoms with E-state index in [1.807, 2.05) is 42.5 Å². The number of aliphatic hydroxyl groups is 2. The number of halogens is 1. The van der Waals surface area contributed by atoms with Gasteiger partial charge in [0, 0.05) is 37.0 Å². The van der Waals surface area contributed by atoms with E-state index >= 15 is 0 Å². The monoisotopic (exact) mass is 437 g/mol. The van der Waals surface area contributed by atoms with Gasteiger partial charge in [-0.25, -0.2) is 14.4 Å².